The first-order chi connectivity index (χ1) is 13.7. The number of nitrogens with one attached hydrogen (secondary N) is 1. The fraction of sp³-hybridized carbons (Fsp3) is 0.444. The van der Waals surface area contributed by atoms with E-state index >= 15 is 0 Å². The molecule has 10 nitrogen and oxygen atoms in total. The highest BCUT2D eigenvalue weighted by Gasteiger charge is 2.26. The summed E-state index contributed by atoms with van der Waals surface area (Å²) in [5, 5.41) is 7.16. The number of hydrogen-bond acceptors (Lipinski definition) is 7. The van der Waals surface area contributed by atoms with Gasteiger partial charge in [0.15, 0.2) is 5.82 Å². The lowest BCUT2D eigenvalue weighted by Crippen LogP contribution is -2.44. The molecule has 4 rings (SSSR count). The fourth-order valence-corrected chi connectivity index (χ4v) is 3.45. The smallest absolute Gasteiger partial charge is 0.224 e. The van der Waals surface area contributed by atoms with Crippen molar-refractivity contribution in [3.05, 3.63) is 43.3 Å². The van der Waals surface area contributed by atoms with E-state index in [9.17, 15) is 4.79 Å². The van der Waals surface area contributed by atoms with Gasteiger partial charge in [-0.3, -0.25) is 4.79 Å². The fourth-order valence-electron chi connectivity index (χ4n) is 3.45. The van der Waals surface area contributed by atoms with Crippen molar-refractivity contribution in [3.8, 4) is 5.82 Å². The molecule has 0 bridgehead atoms. The molecule has 1 fully saturated rings. The Morgan fingerprint density at radius 3 is 2.93 bits per heavy atom. The lowest BCUT2D eigenvalue weighted by atomic mass is 9.97. The zero-order valence-electron chi connectivity index (χ0n) is 15.8. The molecule has 28 heavy (non-hydrogen) atoms. The van der Waals surface area contributed by atoms with Crippen LogP contribution in [0, 0.1) is 12.8 Å². The molecule has 1 unspecified atom stereocenters. The third kappa shape index (κ3) is 4.00. The van der Waals surface area contributed by atoms with Crippen molar-refractivity contribution in [3.63, 3.8) is 0 Å². The lowest BCUT2D eigenvalue weighted by Gasteiger charge is -2.32. The van der Waals surface area contributed by atoms with Gasteiger partial charge in [0.2, 0.25) is 5.91 Å². The molecule has 1 saturated heterocycles. The van der Waals surface area contributed by atoms with Crippen LogP contribution in [0.3, 0.4) is 0 Å². The maximum atomic E-state index is 12.6. The summed E-state index contributed by atoms with van der Waals surface area (Å²) in [6.07, 6.45) is 10.1. The molecule has 0 aromatic carbocycles. The Labute approximate surface area is 162 Å². The van der Waals surface area contributed by atoms with E-state index in [1.165, 1.54) is 12.7 Å². The molecule has 1 N–H and O–H groups in total. The van der Waals surface area contributed by atoms with Crippen LogP contribution < -0.4 is 10.2 Å². The largest absolute Gasteiger partial charge is 0.356 e. The monoisotopic (exact) mass is 381 g/mol. The maximum Gasteiger partial charge on any atom is 0.224 e. The number of imidazole rings is 1. The number of nitrogens with zero attached hydrogens (tertiary/aromatic N) is 8. The first kappa shape index (κ1) is 18.1. The second-order valence-electron chi connectivity index (χ2n) is 6.82. The molecule has 146 valence electrons. The summed E-state index contributed by atoms with van der Waals surface area (Å²) in [6, 6.07) is 1.87. The SMILES string of the molecule is Cc1nccn1CCNC(=O)C1CCCN(c2cc(-n3cncn3)ncn2)C1. The zero-order chi connectivity index (χ0) is 19.3. The van der Waals surface area contributed by atoms with Gasteiger partial charge in [0.25, 0.3) is 0 Å². The molecule has 0 saturated carbocycles. The van der Waals surface area contributed by atoms with Crippen LogP contribution in [-0.4, -0.2) is 59.8 Å². The number of aromatic nitrogens is 7. The van der Waals surface area contributed by atoms with Crippen molar-refractivity contribution in [1.82, 2.24) is 39.6 Å². The van der Waals surface area contributed by atoms with Crippen LogP contribution in [0.5, 0.6) is 0 Å². The molecule has 3 aromatic heterocycles. The molecule has 1 atom stereocenters. The van der Waals surface area contributed by atoms with Gasteiger partial charge in [0, 0.05) is 44.6 Å². The van der Waals surface area contributed by atoms with Gasteiger partial charge in [-0.25, -0.2) is 24.6 Å². The molecule has 0 radical (unpaired) electrons. The highest BCUT2D eigenvalue weighted by atomic mass is 16.1. The van der Waals surface area contributed by atoms with Crippen molar-refractivity contribution < 1.29 is 4.79 Å². The Morgan fingerprint density at radius 2 is 2.14 bits per heavy atom. The predicted molar refractivity (Wildman–Crippen MR) is 102 cm³/mol. The summed E-state index contributed by atoms with van der Waals surface area (Å²) in [7, 11) is 0. The highest BCUT2D eigenvalue weighted by molar-refractivity contribution is 5.79. The van der Waals surface area contributed by atoms with E-state index in [1.54, 1.807) is 17.2 Å². The Hall–Kier alpha value is -3.30. The quantitative estimate of drug-likeness (QED) is 0.666. The van der Waals surface area contributed by atoms with E-state index in [2.05, 4.69) is 35.3 Å². The standard InChI is InChI=1S/C18H23N9O/c1-14-20-4-7-25(14)8-5-21-18(28)15-3-2-6-26(10-15)16-9-17(23-12-22-16)27-13-19-11-24-27/h4,7,9,11-13,15H,2-3,5-6,8,10H2,1H3,(H,21,28). The first-order valence-corrected chi connectivity index (χ1v) is 9.38. The molecular formula is C18H23N9O. The van der Waals surface area contributed by atoms with Crippen molar-refractivity contribution >= 4 is 11.7 Å². The number of carbonyl (C=O) groups is 1. The number of piperidine rings is 1. The van der Waals surface area contributed by atoms with Gasteiger partial charge in [0.05, 0.1) is 5.92 Å². The molecule has 1 aliphatic rings. The average Bonchev–Trinajstić information content (AvgIpc) is 3.40. The van der Waals surface area contributed by atoms with Crippen LogP contribution in [0.25, 0.3) is 5.82 Å². The third-order valence-corrected chi connectivity index (χ3v) is 4.98. The van der Waals surface area contributed by atoms with Gasteiger partial charge >= 0.3 is 0 Å². The number of hydrogen-bond donors (Lipinski definition) is 1. The normalized spacial score (nSPS) is 16.9. The van der Waals surface area contributed by atoms with Gasteiger partial charge in [-0.1, -0.05) is 0 Å². The summed E-state index contributed by atoms with van der Waals surface area (Å²) in [6.45, 7) is 4.78. The minimum absolute atomic E-state index is 0.0533. The number of aryl methyl sites for hydroxylation is 1. The van der Waals surface area contributed by atoms with Gasteiger partial charge in [-0.15, -0.1) is 0 Å². The average molecular weight is 381 g/mol. The molecule has 1 aliphatic heterocycles. The number of amides is 1. The topological polar surface area (TPSA) is 107 Å². The molecule has 0 spiro atoms. The van der Waals surface area contributed by atoms with Crippen LogP contribution >= 0.6 is 0 Å². The van der Waals surface area contributed by atoms with Crippen LogP contribution in [0.15, 0.2) is 37.4 Å². The van der Waals surface area contributed by atoms with Crippen LogP contribution in [0.1, 0.15) is 18.7 Å². The summed E-state index contributed by atoms with van der Waals surface area (Å²) < 4.78 is 3.62. The second kappa shape index (κ2) is 8.15. The van der Waals surface area contributed by atoms with E-state index in [0.717, 1.165) is 37.6 Å². The van der Waals surface area contributed by atoms with Crippen LogP contribution in [0.4, 0.5) is 5.82 Å². The van der Waals surface area contributed by atoms with E-state index < -0.39 is 0 Å². The maximum absolute atomic E-state index is 12.6. The Balaban J connectivity index is 1.35. The van der Waals surface area contributed by atoms with Crippen LogP contribution in [0.2, 0.25) is 0 Å². The summed E-state index contributed by atoms with van der Waals surface area (Å²) in [5.41, 5.74) is 0. The minimum atomic E-state index is -0.0533. The Bertz CT molecular complexity index is 921. The van der Waals surface area contributed by atoms with Crippen molar-refractivity contribution in [1.29, 1.82) is 0 Å². The van der Waals surface area contributed by atoms with Gasteiger partial charge in [-0.05, 0) is 19.8 Å². The number of anilines is 1. The van der Waals surface area contributed by atoms with Gasteiger partial charge < -0.3 is 14.8 Å². The zero-order valence-corrected chi connectivity index (χ0v) is 15.8. The Morgan fingerprint density at radius 1 is 1.25 bits per heavy atom. The molecule has 1 amide bonds. The van der Waals surface area contributed by atoms with E-state index in [-0.39, 0.29) is 11.8 Å². The second-order valence-corrected chi connectivity index (χ2v) is 6.82. The molecular weight excluding hydrogens is 358 g/mol. The van der Waals surface area contributed by atoms with Crippen molar-refractivity contribution in [2.75, 3.05) is 24.5 Å². The van der Waals surface area contributed by atoms with E-state index in [4.69, 9.17) is 0 Å². The lowest BCUT2D eigenvalue weighted by molar-refractivity contribution is -0.125. The molecule has 10 heteroatoms. The van der Waals surface area contributed by atoms with E-state index in [0.29, 0.717) is 18.9 Å². The van der Waals surface area contributed by atoms with Gasteiger partial charge in [0.1, 0.15) is 30.6 Å². The summed E-state index contributed by atoms with van der Waals surface area (Å²) in [4.78, 5) is 31.5. The Kier molecular flexibility index (Phi) is 5.27. The number of rotatable bonds is 6. The van der Waals surface area contributed by atoms with Crippen LogP contribution in [-0.2, 0) is 11.3 Å². The highest BCUT2D eigenvalue weighted by Crippen LogP contribution is 2.22. The summed E-state index contributed by atoms with van der Waals surface area (Å²) >= 11 is 0. The van der Waals surface area contributed by atoms with Crippen molar-refractivity contribution in [2.45, 2.75) is 26.3 Å². The molecule has 0 aliphatic carbocycles. The molecule has 4 heterocycles. The minimum Gasteiger partial charge on any atom is -0.356 e. The van der Waals surface area contributed by atoms with Gasteiger partial charge in [-0.2, -0.15) is 5.10 Å². The predicted octanol–water partition coefficient (Wildman–Crippen LogP) is 0.595. The third-order valence-electron chi connectivity index (χ3n) is 4.98. The number of carbonyl (C=O) groups excluding carboxylic acids is 1. The van der Waals surface area contributed by atoms with Crippen molar-refractivity contribution in [2.24, 2.45) is 5.92 Å². The first-order valence-electron chi connectivity index (χ1n) is 9.38. The van der Waals surface area contributed by atoms with E-state index in [1.807, 2.05) is 23.8 Å². The molecule has 3 aromatic rings. The summed E-state index contributed by atoms with van der Waals surface area (Å²) in [5.74, 6) is 2.44.